The van der Waals surface area contributed by atoms with Crippen LogP contribution in [0.3, 0.4) is 0 Å². The summed E-state index contributed by atoms with van der Waals surface area (Å²) in [5.41, 5.74) is -0.0671. The molecule has 3 N–H and O–H groups in total. The number of likely N-dealkylation sites (N-methyl/N-ethyl adjacent to an activating group) is 1. The normalized spacial score (nSPS) is 9.78. The van der Waals surface area contributed by atoms with Crippen molar-refractivity contribution in [3.63, 3.8) is 0 Å². The van der Waals surface area contributed by atoms with Gasteiger partial charge in [0, 0.05) is 0 Å². The quantitative estimate of drug-likeness (QED) is 0.432. The zero-order valence-corrected chi connectivity index (χ0v) is 13.4. The number of benzene rings is 1. The Labute approximate surface area is 131 Å². The first kappa shape index (κ1) is 19.7. The van der Waals surface area contributed by atoms with Gasteiger partial charge in [0.1, 0.15) is 17.9 Å². The molecule has 1 aromatic carbocycles. The second-order valence-electron chi connectivity index (χ2n) is 4.56. The summed E-state index contributed by atoms with van der Waals surface area (Å²) in [5.74, 6) is -1.31. The number of aliphatic hydroxyl groups excluding tert-OH is 1. The minimum Gasteiger partial charge on any atom is -1.00 e. The van der Waals surface area contributed by atoms with Gasteiger partial charge < -0.3 is 21.2 Å². The van der Waals surface area contributed by atoms with Gasteiger partial charge in [-0.2, -0.15) is 0 Å². The van der Waals surface area contributed by atoms with E-state index in [4.69, 9.17) is 15.3 Å². The SMILES string of the molecule is C[N+](C)(C)CCO.O=C(O)c1ccccc1O.[H-].[Na+]. The summed E-state index contributed by atoms with van der Waals surface area (Å²) in [7, 11) is 6.16. The van der Waals surface area contributed by atoms with E-state index in [0.29, 0.717) is 0 Å². The fourth-order valence-electron chi connectivity index (χ4n) is 0.954. The molecule has 0 heterocycles. The number of hydrogen-bond donors (Lipinski definition) is 3. The molecule has 0 spiro atoms. The molecular weight excluding hydrogens is 245 g/mol. The van der Waals surface area contributed by atoms with Crippen LogP contribution >= 0.6 is 0 Å². The molecule has 0 aliphatic rings. The molecule has 18 heavy (non-hydrogen) atoms. The van der Waals surface area contributed by atoms with E-state index < -0.39 is 5.97 Å². The molecule has 5 nitrogen and oxygen atoms in total. The molecule has 0 saturated heterocycles. The Balaban J connectivity index is -0.000000258. The predicted molar refractivity (Wildman–Crippen MR) is 66.2 cm³/mol. The smallest absolute Gasteiger partial charge is 1.00 e. The number of carboxylic acid groups (broad SMARTS) is 1. The van der Waals surface area contributed by atoms with Gasteiger partial charge in [0.2, 0.25) is 0 Å². The maximum atomic E-state index is 10.3. The van der Waals surface area contributed by atoms with Crippen LogP contribution in [0, 0.1) is 0 Å². The Morgan fingerprint density at radius 3 is 2.00 bits per heavy atom. The van der Waals surface area contributed by atoms with Crippen molar-refractivity contribution in [2.24, 2.45) is 0 Å². The molecule has 0 amide bonds. The van der Waals surface area contributed by atoms with E-state index in [1.54, 1.807) is 12.1 Å². The summed E-state index contributed by atoms with van der Waals surface area (Å²) in [6.45, 7) is 1.11. The van der Waals surface area contributed by atoms with Crippen molar-refractivity contribution in [3.8, 4) is 5.75 Å². The van der Waals surface area contributed by atoms with Gasteiger partial charge in [-0.3, -0.25) is 0 Å². The monoisotopic (exact) mass is 266 g/mol. The van der Waals surface area contributed by atoms with E-state index in [0.717, 1.165) is 11.0 Å². The second-order valence-corrected chi connectivity index (χ2v) is 4.56. The van der Waals surface area contributed by atoms with Gasteiger partial charge in [0.15, 0.2) is 0 Å². The summed E-state index contributed by atoms with van der Waals surface area (Å²) >= 11 is 0. The third-order valence-electron chi connectivity index (χ3n) is 1.91. The van der Waals surface area contributed by atoms with Gasteiger partial charge in [-0.05, 0) is 12.1 Å². The fraction of sp³-hybridized carbons (Fsp3) is 0.417. The average molecular weight is 266 g/mol. The van der Waals surface area contributed by atoms with E-state index in [9.17, 15) is 4.79 Å². The minimum absolute atomic E-state index is 0. The van der Waals surface area contributed by atoms with Crippen LogP contribution in [0.2, 0.25) is 0 Å². The van der Waals surface area contributed by atoms with Gasteiger partial charge in [0.25, 0.3) is 0 Å². The van der Waals surface area contributed by atoms with Gasteiger partial charge in [0.05, 0.1) is 27.7 Å². The first-order valence-electron chi connectivity index (χ1n) is 5.20. The summed E-state index contributed by atoms with van der Waals surface area (Å²) in [5, 5.41) is 25.7. The van der Waals surface area contributed by atoms with E-state index in [1.165, 1.54) is 12.1 Å². The average Bonchev–Trinajstić information content (AvgIpc) is 2.16. The first-order valence-corrected chi connectivity index (χ1v) is 5.20. The Bertz CT molecular complexity index is 369. The number of rotatable bonds is 3. The Kier molecular flexibility index (Phi) is 10.3. The molecule has 1 aromatic rings. The number of carboxylic acids is 1. The second kappa shape index (κ2) is 9.35. The summed E-state index contributed by atoms with van der Waals surface area (Å²) in [6.07, 6.45) is 0. The molecule has 6 heteroatoms. The minimum atomic E-state index is -1.11. The van der Waals surface area contributed by atoms with Crippen LogP contribution in [0.5, 0.6) is 5.75 Å². The number of aliphatic hydroxyl groups is 1. The van der Waals surface area contributed by atoms with Crippen LogP contribution in [0.4, 0.5) is 0 Å². The molecule has 0 fully saturated rings. The summed E-state index contributed by atoms with van der Waals surface area (Å²) in [6, 6.07) is 5.81. The number of phenols is 1. The number of aromatic hydroxyl groups is 1. The van der Waals surface area contributed by atoms with Crippen molar-refractivity contribution in [3.05, 3.63) is 29.8 Å². The van der Waals surface area contributed by atoms with Gasteiger partial charge in [-0.1, -0.05) is 12.1 Å². The molecule has 0 radical (unpaired) electrons. The number of para-hydroxylation sites is 1. The van der Waals surface area contributed by atoms with Crippen LogP contribution < -0.4 is 29.6 Å². The topological polar surface area (TPSA) is 77.8 Å². The van der Waals surface area contributed by atoms with Crippen molar-refractivity contribution in [2.75, 3.05) is 34.3 Å². The number of carbonyl (C=O) groups is 1. The molecule has 0 unspecified atom stereocenters. The molecule has 0 aliphatic carbocycles. The number of aromatic carboxylic acids is 1. The number of hydrogen-bond acceptors (Lipinski definition) is 3. The number of quaternary nitrogens is 1. The first-order chi connectivity index (χ1) is 7.78. The zero-order valence-electron chi connectivity index (χ0n) is 12.4. The van der Waals surface area contributed by atoms with Crippen molar-refractivity contribution < 1.29 is 55.6 Å². The predicted octanol–water partition coefficient (Wildman–Crippen LogP) is -2.11. The summed E-state index contributed by atoms with van der Waals surface area (Å²) < 4.78 is 0.844. The largest absolute Gasteiger partial charge is 1.00 e. The van der Waals surface area contributed by atoms with Crippen LogP contribution in [0.15, 0.2) is 24.3 Å². The fourth-order valence-corrected chi connectivity index (χ4v) is 0.954. The molecule has 0 atom stereocenters. The van der Waals surface area contributed by atoms with E-state index in [2.05, 4.69) is 21.1 Å². The van der Waals surface area contributed by atoms with Crippen molar-refractivity contribution in [1.82, 2.24) is 0 Å². The van der Waals surface area contributed by atoms with Gasteiger partial charge in [-0.25, -0.2) is 4.79 Å². The third-order valence-corrected chi connectivity index (χ3v) is 1.91. The van der Waals surface area contributed by atoms with Crippen LogP contribution in [-0.2, 0) is 0 Å². The van der Waals surface area contributed by atoms with E-state index in [-0.39, 0.29) is 48.9 Å². The van der Waals surface area contributed by atoms with E-state index >= 15 is 0 Å². The standard InChI is InChI=1S/C7H6O3.C5H14NO.Na.H/c8-6-4-2-1-3-5(6)7(9)10;1-6(2,3)4-5-7;;/h1-4,8H,(H,9,10);7H,4-5H2,1-3H3;;/q;2*+1;-1. The molecule has 0 bridgehead atoms. The molecule has 0 aromatic heterocycles. The van der Waals surface area contributed by atoms with E-state index in [1.807, 2.05) is 0 Å². The van der Waals surface area contributed by atoms with Crippen LogP contribution in [0.25, 0.3) is 0 Å². The Morgan fingerprint density at radius 1 is 1.28 bits per heavy atom. The van der Waals surface area contributed by atoms with Gasteiger partial charge in [-0.15, -0.1) is 0 Å². The summed E-state index contributed by atoms with van der Waals surface area (Å²) in [4.78, 5) is 10.3. The van der Waals surface area contributed by atoms with Crippen LogP contribution in [-0.4, -0.2) is 60.1 Å². The zero-order chi connectivity index (χ0) is 13.5. The Hall–Kier alpha value is -0.590. The van der Waals surface area contributed by atoms with Crippen molar-refractivity contribution in [1.29, 1.82) is 0 Å². The van der Waals surface area contributed by atoms with Crippen molar-refractivity contribution >= 4 is 5.97 Å². The number of nitrogens with zero attached hydrogens (tertiary/aromatic N) is 1. The van der Waals surface area contributed by atoms with Crippen molar-refractivity contribution in [2.45, 2.75) is 0 Å². The maximum absolute atomic E-state index is 10.3. The van der Waals surface area contributed by atoms with Crippen LogP contribution in [0.1, 0.15) is 11.8 Å². The molecular formula is C12H21NNaO4+. The molecule has 0 aliphatic heterocycles. The Morgan fingerprint density at radius 2 is 1.78 bits per heavy atom. The molecule has 98 valence electrons. The third kappa shape index (κ3) is 9.44. The molecule has 0 saturated carbocycles. The molecule has 1 rings (SSSR count). The maximum Gasteiger partial charge on any atom is 1.00 e. The van der Waals surface area contributed by atoms with Gasteiger partial charge >= 0.3 is 35.5 Å².